The third-order valence-corrected chi connectivity index (χ3v) is 14.2. The number of amides is 1. The quantitative estimate of drug-likeness (QED) is 0.144. The van der Waals surface area contributed by atoms with E-state index in [4.69, 9.17) is 28.7 Å². The number of likely N-dealkylation sites (N-methyl/N-ethyl adjacent to an activating group) is 1. The number of carbonyl (C=O) groups is 3. The zero-order valence-corrected chi connectivity index (χ0v) is 38.5. The molecule has 61 heavy (non-hydrogen) atoms. The van der Waals surface area contributed by atoms with Crippen LogP contribution in [0.25, 0.3) is 20.9 Å². The van der Waals surface area contributed by atoms with E-state index in [0.29, 0.717) is 51.0 Å². The van der Waals surface area contributed by atoms with E-state index >= 15 is 0 Å². The van der Waals surface area contributed by atoms with Gasteiger partial charge in [0.25, 0.3) is 0 Å². The van der Waals surface area contributed by atoms with Crippen molar-refractivity contribution in [1.82, 2.24) is 35.1 Å². The van der Waals surface area contributed by atoms with Gasteiger partial charge >= 0.3 is 12.1 Å². The van der Waals surface area contributed by atoms with Crippen molar-refractivity contribution in [2.45, 2.75) is 154 Å². The van der Waals surface area contributed by atoms with Crippen molar-refractivity contribution in [2.24, 2.45) is 17.8 Å². The van der Waals surface area contributed by atoms with Gasteiger partial charge in [-0.3, -0.25) is 19.2 Å². The van der Waals surface area contributed by atoms with Gasteiger partial charge in [0.05, 0.1) is 40.3 Å². The van der Waals surface area contributed by atoms with E-state index in [1.165, 1.54) is 0 Å². The van der Waals surface area contributed by atoms with E-state index in [-0.39, 0.29) is 24.1 Å². The molecule has 3 aliphatic heterocycles. The number of carbonyl (C=O) groups excluding carboxylic acids is 3. The van der Waals surface area contributed by atoms with Gasteiger partial charge in [-0.2, -0.15) is 0 Å². The van der Waals surface area contributed by atoms with Crippen LogP contribution in [0.1, 0.15) is 87.5 Å². The minimum absolute atomic E-state index is 0.0121. The Kier molecular flexibility index (Phi) is 14.9. The molecule has 17 heteroatoms. The summed E-state index contributed by atoms with van der Waals surface area (Å²) in [5, 5.41) is 24.7. The van der Waals surface area contributed by atoms with E-state index in [1.807, 2.05) is 84.1 Å². The molecular formula is C44H67N7O9S. The first-order valence-electron chi connectivity index (χ1n) is 21.8. The fourth-order valence-electron chi connectivity index (χ4n) is 9.70. The molecule has 2 aromatic heterocycles. The molecule has 1 amide bonds. The average molecular weight is 870 g/mol. The molecule has 3 aromatic rings. The summed E-state index contributed by atoms with van der Waals surface area (Å²) in [7, 11) is 5.40. The number of nitrogens with one attached hydrogen (secondary N) is 1. The molecule has 6 rings (SSSR count). The lowest BCUT2D eigenvalue weighted by atomic mass is 9.78. The third-order valence-electron chi connectivity index (χ3n) is 13.1. The summed E-state index contributed by atoms with van der Waals surface area (Å²) >= 11 is 1.58. The van der Waals surface area contributed by atoms with Crippen molar-refractivity contribution in [2.75, 3.05) is 34.3 Å². The second-order valence-electron chi connectivity index (χ2n) is 18.1. The summed E-state index contributed by atoms with van der Waals surface area (Å²) in [6.45, 7) is 16.5. The number of ether oxygens (including phenoxy) is 5. The molecule has 2 N–H and O–H groups in total. The normalized spacial score (nSPS) is 35.8. The van der Waals surface area contributed by atoms with E-state index in [1.54, 1.807) is 41.9 Å². The number of hydrogen-bond acceptors (Lipinski definition) is 15. The number of aliphatic hydroxyl groups is 1. The summed E-state index contributed by atoms with van der Waals surface area (Å²) < 4.78 is 34.5. The lowest BCUT2D eigenvalue weighted by Gasteiger charge is -2.46. The SMILES string of the molecule is CC[C@H]1OC(=O)[C@H](C)C(=O)[C@H](C)[C@@H](O[C@@H]2OC(C)CC(N(C)C)C2O)[C@](C)(OC)C[C@@H](C)CN[C@H](C)[C@H]2N(CCCCn3cc(-c4nc5ccccc5s4)nn3)C(=O)O[C@]12C. The maximum atomic E-state index is 14.4. The van der Waals surface area contributed by atoms with Gasteiger partial charge in [-0.25, -0.2) is 9.78 Å². The van der Waals surface area contributed by atoms with Crippen molar-refractivity contribution in [3.63, 3.8) is 0 Å². The number of ketones is 1. The molecule has 1 aromatic carbocycles. The number of cyclic esters (lactones) is 1. The zero-order chi connectivity index (χ0) is 44.4. The molecule has 3 fully saturated rings. The number of aliphatic hydroxyl groups excluding tert-OH is 1. The van der Waals surface area contributed by atoms with E-state index < -0.39 is 71.5 Å². The highest BCUT2D eigenvalue weighted by Crippen LogP contribution is 2.40. The number of aromatic nitrogens is 4. The van der Waals surface area contributed by atoms with Crippen LogP contribution in [0.15, 0.2) is 30.5 Å². The number of hydrogen-bond donors (Lipinski definition) is 2. The number of Topliss-reactive ketones (excluding diaryl/α,β-unsaturated/α-hetero) is 1. The van der Waals surface area contributed by atoms with Gasteiger partial charge in [-0.1, -0.05) is 38.1 Å². The summed E-state index contributed by atoms with van der Waals surface area (Å²) in [6, 6.07) is 6.94. The van der Waals surface area contributed by atoms with Gasteiger partial charge in [-0.15, -0.1) is 16.4 Å². The third kappa shape index (κ3) is 9.98. The lowest BCUT2D eigenvalue weighted by molar-refractivity contribution is -0.295. The van der Waals surface area contributed by atoms with Gasteiger partial charge in [0.15, 0.2) is 17.7 Å². The summed E-state index contributed by atoms with van der Waals surface area (Å²) in [5.74, 6) is -3.16. The second-order valence-corrected chi connectivity index (χ2v) is 19.2. The Bertz CT molecular complexity index is 1950. The molecular weight excluding hydrogens is 803 g/mol. The first-order chi connectivity index (χ1) is 28.9. The minimum atomic E-state index is -1.23. The second kappa shape index (κ2) is 19.4. The number of benzene rings is 1. The molecule has 0 aliphatic carbocycles. The number of nitrogens with zero attached hydrogens (tertiary/aromatic N) is 6. The first-order valence-corrected chi connectivity index (χ1v) is 22.7. The monoisotopic (exact) mass is 869 g/mol. The molecule has 0 spiro atoms. The van der Waals surface area contributed by atoms with Crippen LogP contribution in [-0.2, 0) is 39.8 Å². The predicted molar refractivity (Wildman–Crippen MR) is 231 cm³/mol. The van der Waals surface area contributed by atoms with Crippen LogP contribution in [-0.4, -0.2) is 147 Å². The molecule has 16 nitrogen and oxygen atoms in total. The number of para-hydroxylation sites is 1. The van der Waals surface area contributed by atoms with E-state index in [9.17, 15) is 19.5 Å². The molecule has 0 saturated carbocycles. The minimum Gasteiger partial charge on any atom is -0.458 e. The average Bonchev–Trinajstić information content (AvgIpc) is 3.95. The van der Waals surface area contributed by atoms with Gasteiger partial charge in [0.1, 0.15) is 28.8 Å². The van der Waals surface area contributed by atoms with Gasteiger partial charge < -0.3 is 39.0 Å². The smallest absolute Gasteiger partial charge is 0.410 e. The predicted octanol–water partition coefficient (Wildman–Crippen LogP) is 5.31. The number of aryl methyl sites for hydroxylation is 1. The van der Waals surface area contributed by atoms with Crippen LogP contribution in [0.2, 0.25) is 0 Å². The number of unbranched alkanes of at least 4 members (excludes halogenated alkanes) is 1. The standard InChI is InChI=1S/C44H67N7O9S/c1-12-34-44(8)37(51(42(55)60-44)20-16-15-19-50-24-31(47-48-50)39-46-30-17-13-14-18-33(30)61-39)29(6)45-23-25(2)22-43(7,56-11)38(27(4)35(52)28(5)40(54)58-34)59-41-36(53)32(49(9)10)21-26(3)57-41/h13-14,17-18,24-29,32,34,36-38,41,45,53H,12,15-16,19-23H2,1-11H3/t25-,26?,27+,28-,29-,32?,34-,36?,37-,38-,41+,43-,44-/m1/s1. The maximum Gasteiger partial charge on any atom is 0.410 e. The Labute approximate surface area is 363 Å². The van der Waals surface area contributed by atoms with Crippen LogP contribution >= 0.6 is 11.3 Å². The molecule has 0 radical (unpaired) electrons. The van der Waals surface area contributed by atoms with E-state index in [0.717, 1.165) is 21.6 Å². The summed E-state index contributed by atoms with van der Waals surface area (Å²) in [4.78, 5) is 50.7. The Hall–Kier alpha value is -3.58. The Morgan fingerprint density at radius 3 is 2.48 bits per heavy atom. The Morgan fingerprint density at radius 2 is 1.79 bits per heavy atom. The van der Waals surface area contributed by atoms with Crippen molar-refractivity contribution < 1.29 is 43.2 Å². The number of methoxy groups -OCH3 is 1. The topological polar surface area (TPSA) is 180 Å². The van der Waals surface area contributed by atoms with Gasteiger partial charge in [-0.05, 0) is 105 Å². The molecule has 3 unspecified atom stereocenters. The van der Waals surface area contributed by atoms with Crippen molar-refractivity contribution >= 4 is 39.4 Å². The summed E-state index contributed by atoms with van der Waals surface area (Å²) in [5.41, 5.74) is -0.630. The van der Waals surface area contributed by atoms with Crippen LogP contribution in [0.5, 0.6) is 0 Å². The molecule has 0 bridgehead atoms. The highest BCUT2D eigenvalue weighted by Gasteiger charge is 2.58. The van der Waals surface area contributed by atoms with Crippen LogP contribution in [0.3, 0.4) is 0 Å². The fraction of sp³-hybridized carbons (Fsp3) is 0.727. The molecule has 3 saturated heterocycles. The number of thiazole rings is 1. The van der Waals surface area contributed by atoms with E-state index in [2.05, 4.69) is 22.6 Å². The maximum absolute atomic E-state index is 14.4. The number of fused-ring (bicyclic) bond motifs is 2. The largest absolute Gasteiger partial charge is 0.458 e. The molecule has 3 aliphatic rings. The van der Waals surface area contributed by atoms with Crippen molar-refractivity contribution in [3.8, 4) is 10.7 Å². The molecule has 5 heterocycles. The van der Waals surface area contributed by atoms with Crippen molar-refractivity contribution in [1.29, 1.82) is 0 Å². The zero-order valence-electron chi connectivity index (χ0n) is 37.7. The van der Waals surface area contributed by atoms with Crippen LogP contribution < -0.4 is 5.32 Å². The molecule has 338 valence electrons. The Balaban J connectivity index is 1.21. The van der Waals surface area contributed by atoms with Gasteiger partial charge in [0, 0.05) is 38.2 Å². The molecule has 13 atom stereocenters. The number of rotatable bonds is 11. The highest BCUT2D eigenvalue weighted by molar-refractivity contribution is 7.21. The van der Waals surface area contributed by atoms with Crippen molar-refractivity contribution in [3.05, 3.63) is 30.5 Å². The first kappa shape index (κ1) is 46.9. The fourth-order valence-corrected chi connectivity index (χ4v) is 10.6. The number of esters is 1. The van der Waals surface area contributed by atoms with Crippen LogP contribution in [0.4, 0.5) is 4.79 Å². The Morgan fingerprint density at radius 1 is 1.07 bits per heavy atom. The lowest BCUT2D eigenvalue weighted by Crippen LogP contribution is -2.61. The van der Waals surface area contributed by atoms with Crippen LogP contribution in [0, 0.1) is 17.8 Å². The van der Waals surface area contributed by atoms with Gasteiger partial charge in [0.2, 0.25) is 0 Å². The summed E-state index contributed by atoms with van der Waals surface area (Å²) in [6.07, 6.45) is 0.226. The highest BCUT2D eigenvalue weighted by atomic mass is 32.1.